The molecule has 0 saturated heterocycles. The summed E-state index contributed by atoms with van der Waals surface area (Å²) >= 11 is 0. The third-order valence-corrected chi connectivity index (χ3v) is 2.47. The molecule has 92 valence electrons. The zero-order valence-corrected chi connectivity index (χ0v) is 9.95. The molecule has 0 aromatic carbocycles. The van der Waals surface area contributed by atoms with Gasteiger partial charge in [0.1, 0.15) is 12.0 Å². The molecular formula is C10H11N7O. The van der Waals surface area contributed by atoms with Gasteiger partial charge in [-0.2, -0.15) is 15.2 Å². The van der Waals surface area contributed by atoms with E-state index in [0.717, 1.165) is 17.9 Å². The summed E-state index contributed by atoms with van der Waals surface area (Å²) in [5.41, 5.74) is 1.71. The van der Waals surface area contributed by atoms with Crippen molar-refractivity contribution in [2.75, 3.05) is 0 Å². The molecule has 3 aromatic rings. The van der Waals surface area contributed by atoms with Crippen LogP contribution in [0.4, 0.5) is 0 Å². The van der Waals surface area contributed by atoms with Crippen molar-refractivity contribution in [3.05, 3.63) is 18.1 Å². The van der Waals surface area contributed by atoms with E-state index in [1.54, 1.807) is 0 Å². The highest BCUT2D eigenvalue weighted by Gasteiger charge is 2.16. The Morgan fingerprint density at radius 3 is 3.06 bits per heavy atom. The van der Waals surface area contributed by atoms with Gasteiger partial charge in [-0.3, -0.25) is 9.78 Å². The molecule has 0 bridgehead atoms. The standard InChI is InChI=1S/C10H11N7O/c1-3-17-7(4-6(2)15-17)10-13-9(16-18-10)8-11-5-12-14-8/h4-5H,3H2,1-2H3,(H,11,12,14). The van der Waals surface area contributed by atoms with Crippen molar-refractivity contribution in [3.63, 3.8) is 0 Å². The van der Waals surface area contributed by atoms with Gasteiger partial charge in [0.25, 0.3) is 5.89 Å². The van der Waals surface area contributed by atoms with Crippen molar-refractivity contribution in [2.24, 2.45) is 0 Å². The second kappa shape index (κ2) is 4.06. The van der Waals surface area contributed by atoms with Crippen LogP contribution in [0.3, 0.4) is 0 Å². The lowest BCUT2D eigenvalue weighted by atomic mass is 10.3. The molecule has 3 aromatic heterocycles. The van der Waals surface area contributed by atoms with Crippen molar-refractivity contribution in [1.29, 1.82) is 0 Å². The Bertz CT molecular complexity index is 652. The van der Waals surface area contributed by atoms with E-state index in [1.165, 1.54) is 6.33 Å². The number of aromatic nitrogens is 7. The van der Waals surface area contributed by atoms with E-state index >= 15 is 0 Å². The van der Waals surface area contributed by atoms with E-state index in [-0.39, 0.29) is 0 Å². The maximum Gasteiger partial charge on any atom is 0.276 e. The van der Waals surface area contributed by atoms with Gasteiger partial charge >= 0.3 is 0 Å². The largest absolute Gasteiger partial charge is 0.332 e. The Morgan fingerprint density at radius 1 is 1.44 bits per heavy atom. The minimum Gasteiger partial charge on any atom is -0.332 e. The van der Waals surface area contributed by atoms with Gasteiger partial charge in [0, 0.05) is 6.54 Å². The summed E-state index contributed by atoms with van der Waals surface area (Å²) in [7, 11) is 0. The number of aromatic amines is 1. The van der Waals surface area contributed by atoms with Crippen LogP contribution in [0.25, 0.3) is 23.2 Å². The van der Waals surface area contributed by atoms with Crippen LogP contribution in [0.15, 0.2) is 16.9 Å². The first-order valence-electron chi connectivity index (χ1n) is 5.52. The van der Waals surface area contributed by atoms with Gasteiger partial charge in [-0.25, -0.2) is 4.98 Å². The molecule has 0 aliphatic carbocycles. The van der Waals surface area contributed by atoms with Crippen molar-refractivity contribution in [1.82, 2.24) is 35.1 Å². The summed E-state index contributed by atoms with van der Waals surface area (Å²) in [6.07, 6.45) is 1.39. The van der Waals surface area contributed by atoms with Crippen LogP contribution < -0.4 is 0 Å². The Kier molecular flexibility index (Phi) is 2.40. The summed E-state index contributed by atoms with van der Waals surface area (Å²) in [4.78, 5) is 8.24. The van der Waals surface area contributed by atoms with Crippen LogP contribution in [-0.4, -0.2) is 35.1 Å². The van der Waals surface area contributed by atoms with Crippen LogP contribution in [0, 0.1) is 6.92 Å². The summed E-state index contributed by atoms with van der Waals surface area (Å²) < 4.78 is 7.03. The number of hydrogen-bond donors (Lipinski definition) is 1. The van der Waals surface area contributed by atoms with E-state index in [0.29, 0.717) is 17.5 Å². The number of H-pyrrole nitrogens is 1. The van der Waals surface area contributed by atoms with Gasteiger partial charge in [-0.1, -0.05) is 5.16 Å². The zero-order chi connectivity index (χ0) is 12.5. The monoisotopic (exact) mass is 245 g/mol. The molecule has 0 amide bonds. The van der Waals surface area contributed by atoms with E-state index in [1.807, 2.05) is 24.6 Å². The fraction of sp³-hybridized carbons (Fsp3) is 0.300. The molecule has 0 aliphatic rings. The summed E-state index contributed by atoms with van der Waals surface area (Å²) in [6, 6.07) is 1.90. The molecule has 0 saturated carbocycles. The molecule has 0 unspecified atom stereocenters. The first-order valence-corrected chi connectivity index (χ1v) is 5.52. The molecule has 0 fully saturated rings. The predicted octanol–water partition coefficient (Wildman–Crippen LogP) is 1.05. The van der Waals surface area contributed by atoms with Crippen molar-refractivity contribution < 1.29 is 4.52 Å². The minimum absolute atomic E-state index is 0.379. The van der Waals surface area contributed by atoms with Gasteiger partial charge < -0.3 is 4.52 Å². The summed E-state index contributed by atoms with van der Waals surface area (Å²) in [6.45, 7) is 4.66. The summed E-state index contributed by atoms with van der Waals surface area (Å²) in [5, 5.41) is 14.6. The van der Waals surface area contributed by atoms with E-state index in [9.17, 15) is 0 Å². The van der Waals surface area contributed by atoms with Gasteiger partial charge in [-0.05, 0) is 19.9 Å². The average molecular weight is 245 g/mol. The van der Waals surface area contributed by atoms with E-state index in [2.05, 4.69) is 30.4 Å². The molecule has 3 heterocycles. The number of nitrogens with zero attached hydrogens (tertiary/aromatic N) is 6. The number of hydrogen-bond acceptors (Lipinski definition) is 6. The molecule has 0 aliphatic heterocycles. The lowest BCUT2D eigenvalue weighted by Crippen LogP contribution is -1.99. The SMILES string of the molecule is CCn1nc(C)cc1-c1nc(-c2ncn[nH]2)no1. The predicted molar refractivity (Wildman–Crippen MR) is 61.3 cm³/mol. The fourth-order valence-electron chi connectivity index (χ4n) is 1.70. The fourth-order valence-corrected chi connectivity index (χ4v) is 1.70. The summed E-state index contributed by atoms with van der Waals surface area (Å²) in [5.74, 6) is 1.28. The maximum atomic E-state index is 5.22. The third-order valence-electron chi connectivity index (χ3n) is 2.47. The second-order valence-electron chi connectivity index (χ2n) is 3.74. The molecule has 8 heteroatoms. The lowest BCUT2D eigenvalue weighted by molar-refractivity contribution is 0.427. The normalized spacial score (nSPS) is 11.0. The first-order chi connectivity index (χ1) is 8.78. The topological polar surface area (TPSA) is 98.3 Å². The van der Waals surface area contributed by atoms with Gasteiger partial charge in [0.05, 0.1) is 5.69 Å². The highest BCUT2D eigenvalue weighted by Crippen LogP contribution is 2.20. The minimum atomic E-state index is 0.379. The Morgan fingerprint density at radius 2 is 2.33 bits per heavy atom. The molecule has 3 rings (SSSR count). The van der Waals surface area contributed by atoms with Crippen LogP contribution >= 0.6 is 0 Å². The van der Waals surface area contributed by atoms with Crippen LogP contribution in [0.5, 0.6) is 0 Å². The third kappa shape index (κ3) is 1.67. The average Bonchev–Trinajstić information content (AvgIpc) is 3.08. The van der Waals surface area contributed by atoms with Crippen LogP contribution in [-0.2, 0) is 6.54 Å². The smallest absolute Gasteiger partial charge is 0.276 e. The quantitative estimate of drug-likeness (QED) is 0.740. The van der Waals surface area contributed by atoms with Crippen molar-refractivity contribution in [2.45, 2.75) is 20.4 Å². The first kappa shape index (κ1) is 10.6. The molecular weight excluding hydrogens is 234 g/mol. The molecule has 0 radical (unpaired) electrons. The van der Waals surface area contributed by atoms with Gasteiger partial charge in [-0.15, -0.1) is 0 Å². The number of rotatable bonds is 3. The second-order valence-corrected chi connectivity index (χ2v) is 3.74. The molecule has 0 spiro atoms. The molecule has 18 heavy (non-hydrogen) atoms. The number of nitrogens with one attached hydrogen (secondary N) is 1. The van der Waals surface area contributed by atoms with Crippen molar-refractivity contribution >= 4 is 0 Å². The van der Waals surface area contributed by atoms with E-state index in [4.69, 9.17) is 4.52 Å². The molecule has 0 atom stereocenters. The number of aryl methyl sites for hydroxylation is 2. The van der Waals surface area contributed by atoms with Crippen molar-refractivity contribution in [3.8, 4) is 23.2 Å². The Balaban J connectivity index is 2.02. The highest BCUT2D eigenvalue weighted by atomic mass is 16.5. The van der Waals surface area contributed by atoms with Crippen LogP contribution in [0.1, 0.15) is 12.6 Å². The Labute approximate surface area is 102 Å². The van der Waals surface area contributed by atoms with Crippen LogP contribution in [0.2, 0.25) is 0 Å². The molecule has 8 nitrogen and oxygen atoms in total. The zero-order valence-electron chi connectivity index (χ0n) is 9.95. The highest BCUT2D eigenvalue weighted by molar-refractivity contribution is 5.52. The van der Waals surface area contributed by atoms with E-state index < -0.39 is 0 Å². The lowest BCUT2D eigenvalue weighted by Gasteiger charge is -1.97. The van der Waals surface area contributed by atoms with Gasteiger partial charge in [0.2, 0.25) is 5.82 Å². The molecule has 1 N–H and O–H groups in total. The maximum absolute atomic E-state index is 5.22. The Hall–Kier alpha value is -2.51. The van der Waals surface area contributed by atoms with Gasteiger partial charge in [0.15, 0.2) is 5.82 Å².